The molecular weight excluding hydrogens is 480 g/mol. The molecule has 0 aliphatic rings. The molecule has 0 unspecified atom stereocenters. The molecule has 4 aromatic rings. The van der Waals surface area contributed by atoms with Gasteiger partial charge in [0.15, 0.2) is 11.5 Å². The number of carboxylic acids is 1. The number of aromatic nitrogens is 4. The third-order valence-electron chi connectivity index (χ3n) is 5.48. The summed E-state index contributed by atoms with van der Waals surface area (Å²) in [6, 6.07) is 10.1. The molecular formula is C24H20ClF2N5O3. The van der Waals surface area contributed by atoms with Crippen LogP contribution < -0.4 is 10.9 Å². The Morgan fingerprint density at radius 1 is 1.14 bits per heavy atom. The topological polar surface area (TPSA) is 110 Å². The molecule has 0 aliphatic heterocycles. The number of nitrogens with zero attached hydrogens (tertiary/aromatic N) is 4. The van der Waals surface area contributed by atoms with E-state index in [-0.39, 0.29) is 33.6 Å². The third kappa shape index (κ3) is 4.69. The van der Waals surface area contributed by atoms with Crippen molar-refractivity contribution < 1.29 is 18.7 Å². The molecule has 35 heavy (non-hydrogen) atoms. The number of benzene rings is 1. The molecule has 8 nitrogen and oxygen atoms in total. The zero-order chi connectivity index (χ0) is 25.4. The van der Waals surface area contributed by atoms with Gasteiger partial charge in [0, 0.05) is 12.6 Å². The average molecular weight is 500 g/mol. The molecule has 0 bridgehead atoms. The predicted molar refractivity (Wildman–Crippen MR) is 128 cm³/mol. The lowest BCUT2D eigenvalue weighted by molar-refractivity contribution is 0.0691. The Bertz CT molecular complexity index is 1520. The zero-order valence-electron chi connectivity index (χ0n) is 18.9. The molecule has 0 saturated carbocycles. The van der Waals surface area contributed by atoms with Gasteiger partial charge in [-0.05, 0) is 49.7 Å². The summed E-state index contributed by atoms with van der Waals surface area (Å²) < 4.78 is 27.7. The number of hydrogen-bond acceptors (Lipinski definition) is 6. The summed E-state index contributed by atoms with van der Waals surface area (Å²) >= 11 is 5.85. The number of anilines is 1. The maximum Gasteiger partial charge on any atom is 0.356 e. The number of fused-ring (bicyclic) bond motifs is 1. The molecule has 0 saturated heterocycles. The Labute approximate surface area is 203 Å². The number of halogens is 3. The number of carbonyl (C=O) groups is 1. The number of alkyl halides is 2. The van der Waals surface area contributed by atoms with Crippen LogP contribution in [-0.2, 0) is 7.05 Å². The van der Waals surface area contributed by atoms with E-state index in [0.717, 1.165) is 5.56 Å². The standard InChI is InChI=1S/C24H20ClF2N5O3/c1-11-9-13(12(2)28-15-7-8-18(25)30-20(15)24(34)35)19-14(10-11)23(33)32(3)22(31-19)17-6-4-5-16(29-17)21(26)27/h4-10,12,21,28H,1-3H3,(H,34,35)/t12-/m1/s1. The minimum atomic E-state index is -2.77. The summed E-state index contributed by atoms with van der Waals surface area (Å²) in [5, 5.41) is 13.0. The molecule has 1 aromatic carbocycles. The highest BCUT2D eigenvalue weighted by molar-refractivity contribution is 6.29. The highest BCUT2D eigenvalue weighted by Gasteiger charge is 2.21. The molecule has 0 radical (unpaired) electrons. The molecule has 0 fully saturated rings. The minimum Gasteiger partial charge on any atom is -0.476 e. The van der Waals surface area contributed by atoms with Crippen LogP contribution in [0, 0.1) is 6.92 Å². The number of carboxylic acid groups (broad SMARTS) is 1. The van der Waals surface area contributed by atoms with Gasteiger partial charge in [-0.2, -0.15) is 0 Å². The van der Waals surface area contributed by atoms with Gasteiger partial charge in [-0.1, -0.05) is 23.7 Å². The van der Waals surface area contributed by atoms with E-state index in [4.69, 9.17) is 11.6 Å². The second-order valence-corrected chi connectivity index (χ2v) is 8.39. The van der Waals surface area contributed by atoms with Crippen molar-refractivity contribution in [2.24, 2.45) is 7.05 Å². The molecule has 0 spiro atoms. The van der Waals surface area contributed by atoms with E-state index in [1.54, 1.807) is 13.0 Å². The summed E-state index contributed by atoms with van der Waals surface area (Å²) in [6.07, 6.45) is -2.77. The molecule has 11 heteroatoms. The predicted octanol–water partition coefficient (Wildman–Crippen LogP) is 5.16. The van der Waals surface area contributed by atoms with Gasteiger partial charge >= 0.3 is 5.97 Å². The van der Waals surface area contributed by atoms with E-state index in [1.165, 1.54) is 41.9 Å². The molecule has 2 N–H and O–H groups in total. The Morgan fingerprint density at radius 3 is 2.57 bits per heavy atom. The normalized spacial score (nSPS) is 12.2. The summed E-state index contributed by atoms with van der Waals surface area (Å²) in [5.74, 6) is -1.13. The number of pyridine rings is 2. The lowest BCUT2D eigenvalue weighted by atomic mass is 10.0. The van der Waals surface area contributed by atoms with Gasteiger partial charge in [0.05, 0.1) is 22.6 Å². The number of hydrogen-bond donors (Lipinski definition) is 2. The molecule has 3 heterocycles. The summed E-state index contributed by atoms with van der Waals surface area (Å²) in [6.45, 7) is 3.60. The summed E-state index contributed by atoms with van der Waals surface area (Å²) in [5.41, 5.74) is 1.06. The van der Waals surface area contributed by atoms with Crippen LogP contribution in [0.1, 0.15) is 46.7 Å². The van der Waals surface area contributed by atoms with Crippen molar-refractivity contribution >= 4 is 34.2 Å². The van der Waals surface area contributed by atoms with Crippen molar-refractivity contribution in [2.45, 2.75) is 26.3 Å². The van der Waals surface area contributed by atoms with Crippen molar-refractivity contribution in [3.05, 3.63) is 80.5 Å². The first-order valence-corrected chi connectivity index (χ1v) is 10.9. The van der Waals surface area contributed by atoms with Crippen LogP contribution in [0.25, 0.3) is 22.4 Å². The second kappa shape index (κ2) is 9.38. The first-order valence-electron chi connectivity index (χ1n) is 10.5. The summed E-state index contributed by atoms with van der Waals surface area (Å²) in [4.78, 5) is 37.4. The smallest absolute Gasteiger partial charge is 0.356 e. The van der Waals surface area contributed by atoms with E-state index >= 15 is 0 Å². The van der Waals surface area contributed by atoms with E-state index < -0.39 is 24.1 Å². The number of rotatable bonds is 6. The molecule has 4 rings (SSSR count). The first-order chi connectivity index (χ1) is 16.6. The number of aryl methyl sites for hydroxylation is 1. The Balaban J connectivity index is 1.89. The fraction of sp³-hybridized carbons (Fsp3) is 0.208. The van der Waals surface area contributed by atoms with Crippen molar-refractivity contribution in [3.63, 3.8) is 0 Å². The van der Waals surface area contributed by atoms with E-state index in [0.29, 0.717) is 16.5 Å². The molecule has 180 valence electrons. The second-order valence-electron chi connectivity index (χ2n) is 8.00. The highest BCUT2D eigenvalue weighted by atomic mass is 35.5. The van der Waals surface area contributed by atoms with Crippen molar-refractivity contribution in [1.29, 1.82) is 0 Å². The quantitative estimate of drug-likeness (QED) is 0.352. The highest BCUT2D eigenvalue weighted by Crippen LogP contribution is 2.29. The molecule has 3 aromatic heterocycles. The van der Waals surface area contributed by atoms with Crippen molar-refractivity contribution in [2.75, 3.05) is 5.32 Å². The SMILES string of the molecule is Cc1cc([C@@H](C)Nc2ccc(Cl)nc2C(=O)O)c2nc(-c3cccc(C(F)F)n3)n(C)c(=O)c2c1. The largest absolute Gasteiger partial charge is 0.476 e. The molecule has 0 aliphatic carbocycles. The van der Waals surface area contributed by atoms with Crippen LogP contribution in [0.3, 0.4) is 0 Å². The van der Waals surface area contributed by atoms with E-state index in [2.05, 4.69) is 20.3 Å². The third-order valence-corrected chi connectivity index (χ3v) is 5.69. The first kappa shape index (κ1) is 24.2. The van der Waals surface area contributed by atoms with Gasteiger partial charge in [0.1, 0.15) is 16.5 Å². The zero-order valence-corrected chi connectivity index (χ0v) is 19.6. The maximum absolute atomic E-state index is 13.2. The van der Waals surface area contributed by atoms with Crippen LogP contribution >= 0.6 is 11.6 Å². The van der Waals surface area contributed by atoms with Crippen LogP contribution in [-0.4, -0.2) is 30.6 Å². The van der Waals surface area contributed by atoms with Crippen molar-refractivity contribution in [1.82, 2.24) is 19.5 Å². The van der Waals surface area contributed by atoms with Gasteiger partial charge < -0.3 is 10.4 Å². The molecule has 1 atom stereocenters. The van der Waals surface area contributed by atoms with Crippen LogP contribution in [0.2, 0.25) is 5.15 Å². The average Bonchev–Trinajstić information content (AvgIpc) is 2.82. The monoisotopic (exact) mass is 499 g/mol. The van der Waals surface area contributed by atoms with Gasteiger partial charge in [-0.25, -0.2) is 28.5 Å². The van der Waals surface area contributed by atoms with Crippen LogP contribution in [0.15, 0.2) is 47.3 Å². The van der Waals surface area contributed by atoms with Gasteiger partial charge in [0.2, 0.25) is 0 Å². The van der Waals surface area contributed by atoms with E-state index in [9.17, 15) is 23.5 Å². The van der Waals surface area contributed by atoms with Crippen molar-refractivity contribution in [3.8, 4) is 11.5 Å². The van der Waals surface area contributed by atoms with Gasteiger partial charge in [0.25, 0.3) is 12.0 Å². The number of aromatic carboxylic acids is 1. The molecule has 0 amide bonds. The lowest BCUT2D eigenvalue weighted by Gasteiger charge is -2.20. The Hall–Kier alpha value is -3.92. The minimum absolute atomic E-state index is 0.0370. The maximum atomic E-state index is 13.2. The van der Waals surface area contributed by atoms with Gasteiger partial charge in [-0.15, -0.1) is 0 Å². The fourth-order valence-electron chi connectivity index (χ4n) is 3.83. The fourth-order valence-corrected chi connectivity index (χ4v) is 3.98. The lowest BCUT2D eigenvalue weighted by Crippen LogP contribution is -2.22. The summed E-state index contributed by atoms with van der Waals surface area (Å²) in [7, 11) is 1.50. The van der Waals surface area contributed by atoms with Crippen LogP contribution in [0.4, 0.5) is 14.5 Å². The van der Waals surface area contributed by atoms with Crippen LogP contribution in [0.5, 0.6) is 0 Å². The Morgan fingerprint density at radius 2 is 1.89 bits per heavy atom. The van der Waals surface area contributed by atoms with E-state index in [1.807, 2.05) is 13.0 Å². The Kier molecular flexibility index (Phi) is 6.49. The van der Waals surface area contributed by atoms with Gasteiger partial charge in [-0.3, -0.25) is 9.36 Å². The number of nitrogens with one attached hydrogen (secondary N) is 1.